The fraction of sp³-hybridized carbons (Fsp3) is 0.238. The van der Waals surface area contributed by atoms with Crippen molar-refractivity contribution in [2.24, 2.45) is 0 Å². The third-order valence-corrected chi connectivity index (χ3v) is 4.89. The number of rotatable bonds is 5. The molecule has 0 atom stereocenters. The Bertz CT molecular complexity index is 904. The fourth-order valence-corrected chi connectivity index (χ4v) is 3.09. The van der Waals surface area contributed by atoms with Crippen molar-refractivity contribution in [1.82, 2.24) is 0 Å². The van der Waals surface area contributed by atoms with Crippen molar-refractivity contribution >= 4 is 34.7 Å². The minimum Gasteiger partial charge on any atom is -0.497 e. The van der Waals surface area contributed by atoms with Gasteiger partial charge in [0.15, 0.2) is 5.78 Å². The second kappa shape index (κ2) is 8.27. The molecule has 0 fully saturated rings. The number of Topliss-reactive ketones (excluding diaryl/α,β-unsaturated/α-hetero) is 1. The molecule has 0 aliphatic heterocycles. The van der Waals surface area contributed by atoms with Crippen LogP contribution in [-0.2, 0) is 4.79 Å². The van der Waals surface area contributed by atoms with E-state index in [0.717, 1.165) is 29.9 Å². The SMILES string of the molecule is COc1ccc(NC(=O)c2ccc(Cl)c(NC3=C(C)C(=O)CCC3)c2)cc1. The third kappa shape index (κ3) is 4.49. The van der Waals surface area contributed by atoms with E-state index in [2.05, 4.69) is 10.6 Å². The van der Waals surface area contributed by atoms with Crippen LogP contribution in [0.3, 0.4) is 0 Å². The molecule has 2 aromatic rings. The Morgan fingerprint density at radius 1 is 1.11 bits per heavy atom. The second-order valence-electron chi connectivity index (χ2n) is 6.38. The predicted molar refractivity (Wildman–Crippen MR) is 108 cm³/mol. The molecule has 0 radical (unpaired) electrons. The van der Waals surface area contributed by atoms with E-state index >= 15 is 0 Å². The maximum atomic E-state index is 12.6. The molecule has 1 aliphatic rings. The highest BCUT2D eigenvalue weighted by molar-refractivity contribution is 6.33. The topological polar surface area (TPSA) is 67.4 Å². The molecule has 0 saturated heterocycles. The van der Waals surface area contributed by atoms with Crippen LogP contribution in [0.2, 0.25) is 5.02 Å². The summed E-state index contributed by atoms with van der Waals surface area (Å²) in [6.45, 7) is 1.82. The largest absolute Gasteiger partial charge is 0.497 e. The fourth-order valence-electron chi connectivity index (χ4n) is 2.93. The molecule has 0 spiro atoms. The number of ketones is 1. The zero-order valence-corrected chi connectivity index (χ0v) is 16.0. The van der Waals surface area contributed by atoms with Crippen molar-refractivity contribution < 1.29 is 14.3 Å². The van der Waals surface area contributed by atoms with Crippen molar-refractivity contribution in [2.45, 2.75) is 26.2 Å². The Hall–Kier alpha value is -2.79. The van der Waals surface area contributed by atoms with E-state index in [1.54, 1.807) is 49.6 Å². The maximum absolute atomic E-state index is 12.6. The second-order valence-corrected chi connectivity index (χ2v) is 6.79. The van der Waals surface area contributed by atoms with Crippen LogP contribution >= 0.6 is 11.6 Å². The first-order valence-electron chi connectivity index (χ1n) is 8.73. The first kappa shape index (κ1) is 19.0. The summed E-state index contributed by atoms with van der Waals surface area (Å²) in [4.78, 5) is 24.5. The molecule has 140 valence electrons. The van der Waals surface area contributed by atoms with E-state index in [1.807, 2.05) is 6.92 Å². The van der Waals surface area contributed by atoms with E-state index in [9.17, 15) is 9.59 Å². The van der Waals surface area contributed by atoms with Gasteiger partial charge in [0.25, 0.3) is 5.91 Å². The number of hydrogen-bond donors (Lipinski definition) is 2. The summed E-state index contributed by atoms with van der Waals surface area (Å²) in [5.41, 5.74) is 3.34. The van der Waals surface area contributed by atoms with E-state index in [4.69, 9.17) is 16.3 Å². The van der Waals surface area contributed by atoms with Crippen molar-refractivity contribution in [1.29, 1.82) is 0 Å². The third-order valence-electron chi connectivity index (χ3n) is 4.56. The number of ether oxygens (including phenoxy) is 1. The summed E-state index contributed by atoms with van der Waals surface area (Å²) in [5.74, 6) is 0.621. The molecular weight excluding hydrogens is 364 g/mol. The van der Waals surface area contributed by atoms with Crippen molar-refractivity contribution in [3.63, 3.8) is 0 Å². The Balaban J connectivity index is 1.78. The molecule has 0 unspecified atom stereocenters. The lowest BCUT2D eigenvalue weighted by molar-refractivity contribution is -0.116. The van der Waals surface area contributed by atoms with Gasteiger partial charge < -0.3 is 15.4 Å². The van der Waals surface area contributed by atoms with Gasteiger partial charge in [-0.2, -0.15) is 0 Å². The Labute approximate surface area is 163 Å². The zero-order valence-electron chi connectivity index (χ0n) is 15.3. The summed E-state index contributed by atoms with van der Waals surface area (Å²) >= 11 is 6.28. The number of hydrogen-bond acceptors (Lipinski definition) is 4. The van der Waals surface area contributed by atoms with Gasteiger partial charge in [0.05, 0.1) is 17.8 Å². The Morgan fingerprint density at radius 3 is 2.56 bits per heavy atom. The maximum Gasteiger partial charge on any atom is 0.255 e. The first-order valence-corrected chi connectivity index (χ1v) is 9.10. The number of carbonyl (C=O) groups excluding carboxylic acids is 2. The van der Waals surface area contributed by atoms with Crippen LogP contribution in [0.1, 0.15) is 36.5 Å². The van der Waals surface area contributed by atoms with Crippen molar-refractivity contribution in [2.75, 3.05) is 17.7 Å². The molecular formula is C21H21ClN2O3. The Morgan fingerprint density at radius 2 is 1.85 bits per heavy atom. The minimum absolute atomic E-state index is 0.147. The highest BCUT2D eigenvalue weighted by Gasteiger charge is 2.18. The molecule has 2 N–H and O–H groups in total. The smallest absolute Gasteiger partial charge is 0.255 e. The van der Waals surface area contributed by atoms with Crippen molar-refractivity contribution in [3.05, 3.63) is 64.3 Å². The van der Waals surface area contributed by atoms with Crippen LogP contribution in [0, 0.1) is 0 Å². The van der Waals surface area contributed by atoms with Crippen molar-refractivity contribution in [3.8, 4) is 5.75 Å². The number of methoxy groups -OCH3 is 1. The number of anilines is 2. The van der Waals surface area contributed by atoms with Gasteiger partial charge in [0, 0.05) is 28.9 Å². The van der Waals surface area contributed by atoms with E-state index in [-0.39, 0.29) is 11.7 Å². The summed E-state index contributed by atoms with van der Waals surface area (Å²) in [5, 5.41) is 6.57. The predicted octanol–water partition coefficient (Wildman–Crippen LogP) is 5.04. The van der Waals surface area contributed by atoms with Gasteiger partial charge in [-0.3, -0.25) is 9.59 Å². The molecule has 0 heterocycles. The van der Waals surface area contributed by atoms with Crippen LogP contribution in [0.25, 0.3) is 0 Å². The van der Waals surface area contributed by atoms with Gasteiger partial charge >= 0.3 is 0 Å². The summed E-state index contributed by atoms with van der Waals surface area (Å²) in [6.07, 6.45) is 2.18. The normalized spacial score (nSPS) is 14.1. The van der Waals surface area contributed by atoms with Crippen LogP contribution in [0.4, 0.5) is 11.4 Å². The minimum atomic E-state index is -0.245. The summed E-state index contributed by atoms with van der Waals surface area (Å²) in [7, 11) is 1.59. The van der Waals surface area contributed by atoms with Crippen LogP contribution in [-0.4, -0.2) is 18.8 Å². The van der Waals surface area contributed by atoms with Gasteiger partial charge in [0.2, 0.25) is 0 Å². The standard InChI is InChI=1S/C21H21ClN2O3/c1-13-18(4-3-5-20(13)25)24-19-12-14(6-11-17(19)22)21(26)23-15-7-9-16(27-2)10-8-15/h6-12,24H,3-5H2,1-2H3,(H,23,26). The summed E-state index contributed by atoms with van der Waals surface area (Å²) < 4.78 is 5.11. The molecule has 1 aliphatic carbocycles. The highest BCUT2D eigenvalue weighted by Crippen LogP contribution is 2.29. The van der Waals surface area contributed by atoms with E-state index in [1.165, 1.54) is 0 Å². The molecule has 27 heavy (non-hydrogen) atoms. The van der Waals surface area contributed by atoms with E-state index in [0.29, 0.717) is 28.4 Å². The highest BCUT2D eigenvalue weighted by atomic mass is 35.5. The molecule has 5 nitrogen and oxygen atoms in total. The lowest BCUT2D eigenvalue weighted by Gasteiger charge is -2.19. The molecule has 6 heteroatoms. The lowest BCUT2D eigenvalue weighted by atomic mass is 9.96. The van der Waals surface area contributed by atoms with Gasteiger partial charge in [0.1, 0.15) is 5.75 Å². The molecule has 0 saturated carbocycles. The Kier molecular flexibility index (Phi) is 5.81. The van der Waals surface area contributed by atoms with Crippen LogP contribution in [0.15, 0.2) is 53.7 Å². The molecule has 0 aromatic heterocycles. The van der Waals surface area contributed by atoms with Gasteiger partial charge in [-0.05, 0) is 62.2 Å². The molecule has 2 aromatic carbocycles. The number of halogens is 1. The van der Waals surface area contributed by atoms with Gasteiger partial charge in [-0.25, -0.2) is 0 Å². The zero-order chi connectivity index (χ0) is 19.4. The van der Waals surface area contributed by atoms with Crippen LogP contribution < -0.4 is 15.4 Å². The van der Waals surface area contributed by atoms with Gasteiger partial charge in [-0.1, -0.05) is 11.6 Å². The molecule has 3 rings (SSSR count). The average molecular weight is 385 g/mol. The number of allylic oxidation sites excluding steroid dienone is 2. The quantitative estimate of drug-likeness (QED) is 0.757. The van der Waals surface area contributed by atoms with Crippen LogP contribution in [0.5, 0.6) is 5.75 Å². The monoisotopic (exact) mass is 384 g/mol. The summed E-state index contributed by atoms with van der Waals surface area (Å²) in [6, 6.07) is 12.1. The van der Waals surface area contributed by atoms with E-state index < -0.39 is 0 Å². The molecule has 0 bridgehead atoms. The number of carbonyl (C=O) groups is 2. The average Bonchev–Trinajstić information content (AvgIpc) is 2.67. The lowest BCUT2D eigenvalue weighted by Crippen LogP contribution is -2.15. The first-order chi connectivity index (χ1) is 13.0. The van der Waals surface area contributed by atoms with Gasteiger partial charge in [-0.15, -0.1) is 0 Å². The number of nitrogens with one attached hydrogen (secondary N) is 2. The molecule has 1 amide bonds. The number of amides is 1. The number of benzene rings is 2.